The average Bonchev–Trinajstić information content (AvgIpc) is 2.79. The van der Waals surface area contributed by atoms with Crippen LogP contribution in [0.2, 0.25) is 0 Å². The van der Waals surface area contributed by atoms with Gasteiger partial charge in [-0.2, -0.15) is 0 Å². The van der Waals surface area contributed by atoms with E-state index in [1.807, 2.05) is 48.5 Å². The molecule has 0 radical (unpaired) electrons. The first-order valence-electron chi connectivity index (χ1n) is 11.0. The molecule has 2 atom stereocenters. The van der Waals surface area contributed by atoms with Gasteiger partial charge in [-0.3, -0.25) is 19.2 Å². The molecule has 3 aromatic carbocycles. The normalized spacial score (nSPS) is 12.9. The van der Waals surface area contributed by atoms with E-state index in [1.165, 1.54) is 0 Å². The Kier molecular flexibility index (Phi) is 7.83. The maximum Gasteiger partial charge on any atom is 0.306 e. The van der Waals surface area contributed by atoms with Crippen molar-refractivity contribution in [3.05, 3.63) is 59.7 Å². The van der Waals surface area contributed by atoms with Gasteiger partial charge in [-0.05, 0) is 58.4 Å². The minimum absolute atomic E-state index is 0.00858. The van der Waals surface area contributed by atoms with E-state index in [-0.39, 0.29) is 38.5 Å². The van der Waals surface area contributed by atoms with Crippen molar-refractivity contribution in [2.45, 2.75) is 38.5 Å². The largest absolute Gasteiger partial charge is 0.481 e. The zero-order chi connectivity index (χ0) is 24.8. The highest BCUT2D eigenvalue weighted by molar-refractivity contribution is 6.06. The van der Waals surface area contributed by atoms with Crippen molar-refractivity contribution in [1.29, 1.82) is 0 Å². The summed E-state index contributed by atoms with van der Waals surface area (Å²) < 4.78 is 0. The highest BCUT2D eigenvalue weighted by Crippen LogP contribution is 2.36. The molecule has 0 heterocycles. The van der Waals surface area contributed by atoms with Gasteiger partial charge in [0.1, 0.15) is 0 Å². The standard InChI is InChI=1S/C26H26O8/c27-23(28)11-9-15(25(31)32)13-21-17-5-1-2-6-18(17)22(20-8-4-3-7-19(20)21)14-16(26(33)34)10-12-24(29)30/h1-8,15-16H,9-14H2,(H,27,28)(H,29,30)(H,31,32)(H,33,34). The number of benzene rings is 3. The van der Waals surface area contributed by atoms with E-state index >= 15 is 0 Å². The summed E-state index contributed by atoms with van der Waals surface area (Å²) in [4.78, 5) is 45.8. The third-order valence-electron chi connectivity index (χ3n) is 6.17. The van der Waals surface area contributed by atoms with E-state index in [1.54, 1.807) is 0 Å². The number of aliphatic carboxylic acids is 4. The number of fused-ring (bicyclic) bond motifs is 2. The maximum absolute atomic E-state index is 11.9. The highest BCUT2D eigenvalue weighted by atomic mass is 16.4. The smallest absolute Gasteiger partial charge is 0.306 e. The molecule has 0 bridgehead atoms. The van der Waals surface area contributed by atoms with Gasteiger partial charge in [-0.25, -0.2) is 0 Å². The van der Waals surface area contributed by atoms with E-state index in [4.69, 9.17) is 10.2 Å². The molecule has 8 heteroatoms. The first kappa shape index (κ1) is 24.7. The van der Waals surface area contributed by atoms with Crippen molar-refractivity contribution in [1.82, 2.24) is 0 Å². The van der Waals surface area contributed by atoms with Crippen molar-refractivity contribution in [3.8, 4) is 0 Å². The summed E-state index contributed by atoms with van der Waals surface area (Å²) in [6, 6.07) is 14.7. The molecule has 0 aliphatic rings. The van der Waals surface area contributed by atoms with Crippen LogP contribution in [0.5, 0.6) is 0 Å². The highest BCUT2D eigenvalue weighted by Gasteiger charge is 2.25. The zero-order valence-corrected chi connectivity index (χ0v) is 18.4. The van der Waals surface area contributed by atoms with Crippen molar-refractivity contribution in [3.63, 3.8) is 0 Å². The SMILES string of the molecule is O=C(O)CCC(Cc1c2ccccc2c(CC(CCC(=O)O)C(=O)O)c2ccccc12)C(=O)O. The van der Waals surface area contributed by atoms with Gasteiger partial charge in [-0.1, -0.05) is 48.5 Å². The van der Waals surface area contributed by atoms with Crippen LogP contribution in [0, 0.1) is 11.8 Å². The molecule has 0 aromatic heterocycles. The molecule has 178 valence electrons. The fourth-order valence-electron chi connectivity index (χ4n) is 4.46. The van der Waals surface area contributed by atoms with E-state index in [0.29, 0.717) is 0 Å². The number of carboxylic acids is 4. The Morgan fingerprint density at radius 2 is 0.853 bits per heavy atom. The maximum atomic E-state index is 11.9. The van der Waals surface area contributed by atoms with Crippen molar-refractivity contribution in [2.24, 2.45) is 11.8 Å². The van der Waals surface area contributed by atoms with Gasteiger partial charge in [0.2, 0.25) is 0 Å². The second-order valence-electron chi connectivity index (χ2n) is 8.39. The average molecular weight is 466 g/mol. The van der Waals surface area contributed by atoms with E-state index < -0.39 is 35.7 Å². The van der Waals surface area contributed by atoms with Crippen molar-refractivity contribution >= 4 is 45.4 Å². The summed E-state index contributed by atoms with van der Waals surface area (Å²) in [5, 5.41) is 40.6. The third kappa shape index (κ3) is 5.70. The monoisotopic (exact) mass is 466 g/mol. The number of hydrogen-bond acceptors (Lipinski definition) is 4. The third-order valence-corrected chi connectivity index (χ3v) is 6.17. The molecule has 0 saturated carbocycles. The van der Waals surface area contributed by atoms with Crippen LogP contribution in [0.4, 0.5) is 0 Å². The van der Waals surface area contributed by atoms with Crippen LogP contribution < -0.4 is 0 Å². The molecule has 4 N–H and O–H groups in total. The predicted molar refractivity (Wildman–Crippen MR) is 125 cm³/mol. The lowest BCUT2D eigenvalue weighted by Crippen LogP contribution is -2.19. The van der Waals surface area contributed by atoms with E-state index in [2.05, 4.69) is 0 Å². The molecular formula is C26H26O8. The first-order chi connectivity index (χ1) is 16.2. The van der Waals surface area contributed by atoms with Crippen LogP contribution in [0.25, 0.3) is 21.5 Å². The number of carbonyl (C=O) groups is 4. The fourth-order valence-corrected chi connectivity index (χ4v) is 4.46. The summed E-state index contributed by atoms with van der Waals surface area (Å²) in [6.07, 6.45) is -0.267. The second-order valence-corrected chi connectivity index (χ2v) is 8.39. The molecule has 8 nitrogen and oxygen atoms in total. The molecular weight excluding hydrogens is 440 g/mol. The van der Waals surface area contributed by atoms with Crippen LogP contribution in [0.1, 0.15) is 36.8 Å². The van der Waals surface area contributed by atoms with Gasteiger partial charge in [0.25, 0.3) is 0 Å². The minimum atomic E-state index is -1.07. The molecule has 34 heavy (non-hydrogen) atoms. The van der Waals surface area contributed by atoms with Gasteiger partial charge >= 0.3 is 23.9 Å². The van der Waals surface area contributed by atoms with Crippen molar-refractivity contribution in [2.75, 3.05) is 0 Å². The Hall–Kier alpha value is -3.94. The van der Waals surface area contributed by atoms with Crippen LogP contribution in [-0.2, 0) is 32.0 Å². The number of hydrogen-bond donors (Lipinski definition) is 4. The summed E-state index contributed by atoms with van der Waals surface area (Å²) in [5.41, 5.74) is 1.54. The van der Waals surface area contributed by atoms with Crippen molar-refractivity contribution < 1.29 is 39.6 Å². The Morgan fingerprint density at radius 3 is 1.09 bits per heavy atom. The molecule has 0 spiro atoms. The Bertz CT molecular complexity index is 1090. The molecule has 0 aliphatic heterocycles. The predicted octanol–water partition coefficient (Wildman–Crippen LogP) is 4.21. The zero-order valence-electron chi connectivity index (χ0n) is 18.4. The summed E-state index contributed by atoms with van der Waals surface area (Å²) in [6.45, 7) is 0. The van der Waals surface area contributed by atoms with E-state index in [0.717, 1.165) is 32.7 Å². The summed E-state index contributed by atoms with van der Waals surface area (Å²) >= 11 is 0. The molecule has 3 rings (SSSR count). The molecule has 2 unspecified atom stereocenters. The quantitative estimate of drug-likeness (QED) is 0.290. The van der Waals surface area contributed by atoms with Gasteiger partial charge < -0.3 is 20.4 Å². The Morgan fingerprint density at radius 1 is 0.559 bits per heavy atom. The molecule has 0 amide bonds. The Balaban J connectivity index is 2.16. The molecule has 3 aromatic rings. The van der Waals surface area contributed by atoms with Gasteiger partial charge in [0, 0.05) is 12.8 Å². The molecule has 0 aliphatic carbocycles. The summed E-state index contributed by atoms with van der Waals surface area (Å²) in [7, 11) is 0. The first-order valence-corrected chi connectivity index (χ1v) is 11.0. The Labute approximate surface area is 195 Å². The fraction of sp³-hybridized carbons (Fsp3) is 0.308. The van der Waals surface area contributed by atoms with Gasteiger partial charge in [0.05, 0.1) is 11.8 Å². The van der Waals surface area contributed by atoms with Gasteiger partial charge in [0.15, 0.2) is 0 Å². The lowest BCUT2D eigenvalue weighted by atomic mass is 9.83. The lowest BCUT2D eigenvalue weighted by Gasteiger charge is -2.21. The molecule has 0 saturated heterocycles. The number of rotatable bonds is 12. The minimum Gasteiger partial charge on any atom is -0.481 e. The summed E-state index contributed by atoms with van der Waals surface area (Å²) in [5.74, 6) is -6.04. The number of carboxylic acid groups (broad SMARTS) is 4. The van der Waals surface area contributed by atoms with Crippen LogP contribution in [0.3, 0.4) is 0 Å². The van der Waals surface area contributed by atoms with E-state index in [9.17, 15) is 29.4 Å². The van der Waals surface area contributed by atoms with Gasteiger partial charge in [-0.15, -0.1) is 0 Å². The van der Waals surface area contributed by atoms with Crippen LogP contribution in [-0.4, -0.2) is 44.3 Å². The topological polar surface area (TPSA) is 149 Å². The van der Waals surface area contributed by atoms with Crippen LogP contribution in [0.15, 0.2) is 48.5 Å². The van der Waals surface area contributed by atoms with Crippen LogP contribution >= 0.6 is 0 Å². The lowest BCUT2D eigenvalue weighted by molar-refractivity contribution is -0.144. The molecule has 0 fully saturated rings. The second kappa shape index (κ2) is 10.8.